The van der Waals surface area contributed by atoms with Crippen LogP contribution in [0.25, 0.3) is 0 Å². The summed E-state index contributed by atoms with van der Waals surface area (Å²) >= 11 is 0. The van der Waals surface area contributed by atoms with Gasteiger partial charge in [-0.2, -0.15) is 0 Å². The van der Waals surface area contributed by atoms with Crippen molar-refractivity contribution in [3.63, 3.8) is 0 Å². The Hall–Kier alpha value is -4.71. The molecule has 0 bridgehead atoms. The minimum atomic E-state index is -0.779. The number of rotatable bonds is 10. The predicted molar refractivity (Wildman–Crippen MR) is 185 cm³/mol. The molecule has 11 heteroatoms. The molecule has 6 rings (SSSR count). The van der Waals surface area contributed by atoms with Crippen molar-refractivity contribution in [2.75, 3.05) is 57.9 Å². The number of carbonyl (C=O) groups excluding carboxylic acids is 3. The summed E-state index contributed by atoms with van der Waals surface area (Å²) in [6.07, 6.45) is 2.02. The molecule has 2 N–H and O–H groups in total. The summed E-state index contributed by atoms with van der Waals surface area (Å²) in [7, 11) is 1.95. The molecule has 0 spiro atoms. The number of piperazine rings is 1. The zero-order valence-electron chi connectivity index (χ0n) is 27.8. The minimum absolute atomic E-state index is 0.0124. The van der Waals surface area contributed by atoms with Crippen LogP contribution in [0, 0.1) is 6.92 Å². The van der Waals surface area contributed by atoms with Gasteiger partial charge in [0.25, 0.3) is 0 Å². The fourth-order valence-corrected chi connectivity index (χ4v) is 6.52. The molecular weight excluding hydrogens is 608 g/mol. The zero-order chi connectivity index (χ0) is 34.0. The lowest BCUT2D eigenvalue weighted by atomic mass is 9.98. The highest BCUT2D eigenvalue weighted by molar-refractivity contribution is 5.91. The van der Waals surface area contributed by atoms with Gasteiger partial charge in [-0.3, -0.25) is 19.4 Å². The molecule has 3 heterocycles. The number of benzene rings is 3. The molecule has 254 valence electrons. The molecule has 2 atom stereocenters. The highest BCUT2D eigenvalue weighted by atomic mass is 16.5. The van der Waals surface area contributed by atoms with Crippen LogP contribution in [0.15, 0.2) is 85.5 Å². The quantitative estimate of drug-likeness (QED) is 0.254. The second-order valence-corrected chi connectivity index (χ2v) is 12.2. The van der Waals surface area contributed by atoms with E-state index in [2.05, 4.69) is 48.0 Å². The number of fused-ring (bicyclic) bond motifs is 1. The number of amides is 3. The molecule has 3 amide bonds. The third-order valence-electron chi connectivity index (χ3n) is 8.91. The van der Waals surface area contributed by atoms with Crippen LogP contribution in [0.4, 0.5) is 5.69 Å². The molecule has 3 fully saturated rings. The largest absolute Gasteiger partial charge is 0.508 e. The van der Waals surface area contributed by atoms with E-state index >= 15 is 0 Å². The number of aryl methyl sites for hydroxylation is 1. The van der Waals surface area contributed by atoms with E-state index in [9.17, 15) is 19.5 Å². The van der Waals surface area contributed by atoms with E-state index in [4.69, 9.17) is 4.74 Å². The van der Waals surface area contributed by atoms with E-state index in [1.165, 1.54) is 10.6 Å². The van der Waals surface area contributed by atoms with Crippen LogP contribution in [0.2, 0.25) is 0 Å². The molecule has 3 saturated heterocycles. The topological polar surface area (TPSA) is 109 Å². The molecule has 0 aromatic heterocycles. The number of phenolic OH excluding ortho intramolecular Hbond substituents is 1. The fraction of sp³-hybridized carbons (Fsp3) is 0.378. The average molecular weight is 655 g/mol. The molecule has 3 aliphatic heterocycles. The SMILES string of the molecule is C=CCN1CC(=O)N2C(CN(Cc3ccc(C)c(N4CCOCC4)c3)C(=O)[C@@H]2Cc2ccc(O)cc2)N1C=O.CNCc1ccccc1. The van der Waals surface area contributed by atoms with Crippen LogP contribution in [-0.4, -0.2) is 108 Å². The normalized spacial score (nSPS) is 19.8. The molecule has 1 unspecified atom stereocenters. The smallest absolute Gasteiger partial charge is 0.246 e. The number of ether oxygens (including phenoxy) is 1. The number of hydrogen-bond acceptors (Lipinski definition) is 8. The number of aromatic hydroxyl groups is 1. The predicted octanol–water partition coefficient (Wildman–Crippen LogP) is 2.93. The van der Waals surface area contributed by atoms with Crippen LogP contribution in [0.1, 0.15) is 22.3 Å². The van der Waals surface area contributed by atoms with Gasteiger partial charge in [0.1, 0.15) is 18.0 Å². The van der Waals surface area contributed by atoms with Gasteiger partial charge in [-0.05, 0) is 54.4 Å². The highest BCUT2D eigenvalue weighted by Crippen LogP contribution is 2.30. The van der Waals surface area contributed by atoms with Crippen LogP contribution >= 0.6 is 0 Å². The van der Waals surface area contributed by atoms with Gasteiger partial charge in [-0.1, -0.05) is 60.7 Å². The monoisotopic (exact) mass is 654 g/mol. The summed E-state index contributed by atoms with van der Waals surface area (Å²) in [5.41, 5.74) is 5.42. The lowest BCUT2D eigenvalue weighted by Crippen LogP contribution is -2.74. The number of nitrogens with one attached hydrogen (secondary N) is 1. The number of carbonyl (C=O) groups is 3. The zero-order valence-corrected chi connectivity index (χ0v) is 27.8. The molecule has 0 saturated carbocycles. The van der Waals surface area contributed by atoms with Crippen molar-refractivity contribution in [1.82, 2.24) is 25.1 Å². The molecular formula is C37H46N6O5. The summed E-state index contributed by atoms with van der Waals surface area (Å²) in [6, 6.07) is 22.4. The van der Waals surface area contributed by atoms with Gasteiger partial charge in [-0.25, -0.2) is 5.01 Å². The van der Waals surface area contributed by atoms with E-state index in [-0.39, 0.29) is 37.1 Å². The Balaban J connectivity index is 0.000000434. The Kier molecular flexibility index (Phi) is 11.8. The summed E-state index contributed by atoms with van der Waals surface area (Å²) in [6.45, 7) is 10.7. The first-order chi connectivity index (χ1) is 23.3. The van der Waals surface area contributed by atoms with E-state index < -0.39 is 12.2 Å². The summed E-state index contributed by atoms with van der Waals surface area (Å²) < 4.78 is 5.52. The summed E-state index contributed by atoms with van der Waals surface area (Å²) in [4.78, 5) is 45.3. The van der Waals surface area contributed by atoms with Crippen molar-refractivity contribution in [2.24, 2.45) is 0 Å². The summed E-state index contributed by atoms with van der Waals surface area (Å²) in [5.74, 6) is -0.240. The molecule has 3 aliphatic rings. The first-order valence-electron chi connectivity index (χ1n) is 16.4. The first-order valence-corrected chi connectivity index (χ1v) is 16.4. The number of hydrazine groups is 1. The Morgan fingerprint density at radius 3 is 2.35 bits per heavy atom. The third kappa shape index (κ3) is 8.22. The van der Waals surface area contributed by atoms with E-state index in [0.717, 1.165) is 48.4 Å². The van der Waals surface area contributed by atoms with Gasteiger partial charge in [0.15, 0.2) is 0 Å². The highest BCUT2D eigenvalue weighted by Gasteiger charge is 2.49. The van der Waals surface area contributed by atoms with Crippen molar-refractivity contribution in [3.8, 4) is 5.75 Å². The Morgan fingerprint density at radius 2 is 1.69 bits per heavy atom. The Labute approximate surface area is 282 Å². The van der Waals surface area contributed by atoms with Crippen molar-refractivity contribution >= 4 is 23.9 Å². The summed E-state index contributed by atoms with van der Waals surface area (Å²) in [5, 5.41) is 16.0. The first kappa shape index (κ1) is 34.6. The molecule has 3 aromatic rings. The van der Waals surface area contributed by atoms with E-state index in [1.54, 1.807) is 45.2 Å². The molecule has 48 heavy (non-hydrogen) atoms. The maximum absolute atomic E-state index is 14.0. The van der Waals surface area contributed by atoms with E-state index in [0.29, 0.717) is 26.3 Å². The fourth-order valence-electron chi connectivity index (χ4n) is 6.52. The molecule has 0 aliphatic carbocycles. The lowest BCUT2D eigenvalue weighted by Gasteiger charge is -2.54. The van der Waals surface area contributed by atoms with Gasteiger partial charge in [0.05, 0.1) is 26.3 Å². The number of nitrogens with zero attached hydrogens (tertiary/aromatic N) is 5. The maximum atomic E-state index is 14.0. The van der Waals surface area contributed by atoms with Crippen LogP contribution < -0.4 is 10.2 Å². The van der Waals surface area contributed by atoms with Gasteiger partial charge >= 0.3 is 0 Å². The standard InChI is InChI=1S/C29H35N5O5.C8H11N/c1-3-10-32-19-28(37)34-26(15-22-6-8-24(36)9-7-22)29(38)31(18-27(34)33(32)20-35)17-23-5-4-21(2)25(16-23)30-11-13-39-14-12-30;1-9-7-8-5-3-2-4-6-8/h3-9,16,20,26-27,36H,1,10-15,17-19H2,2H3;2-6,9H,7H2,1H3/t26-,27?;/m0./s1. The third-order valence-corrected chi connectivity index (χ3v) is 8.91. The number of hydrogen-bond donors (Lipinski definition) is 2. The lowest BCUT2D eigenvalue weighted by molar-refractivity contribution is -0.199. The van der Waals surface area contributed by atoms with Crippen LogP contribution in [-0.2, 0) is 38.6 Å². The average Bonchev–Trinajstić information content (AvgIpc) is 3.10. The molecule has 11 nitrogen and oxygen atoms in total. The van der Waals surface area contributed by atoms with Gasteiger partial charge in [0.2, 0.25) is 18.2 Å². The van der Waals surface area contributed by atoms with Crippen LogP contribution in [0.5, 0.6) is 5.75 Å². The minimum Gasteiger partial charge on any atom is -0.508 e. The van der Waals surface area contributed by atoms with Gasteiger partial charge in [0, 0.05) is 44.8 Å². The van der Waals surface area contributed by atoms with Crippen molar-refractivity contribution in [3.05, 3.63) is 108 Å². The van der Waals surface area contributed by atoms with Crippen LogP contribution in [0.3, 0.4) is 0 Å². The Morgan fingerprint density at radius 1 is 0.979 bits per heavy atom. The second-order valence-electron chi connectivity index (χ2n) is 12.2. The maximum Gasteiger partial charge on any atom is 0.246 e. The van der Waals surface area contributed by atoms with Crippen molar-refractivity contribution in [2.45, 2.75) is 38.6 Å². The van der Waals surface area contributed by atoms with Crippen molar-refractivity contribution in [1.29, 1.82) is 0 Å². The van der Waals surface area contributed by atoms with Gasteiger partial charge < -0.3 is 29.9 Å². The van der Waals surface area contributed by atoms with Gasteiger partial charge in [-0.15, -0.1) is 6.58 Å². The number of anilines is 1. The number of phenols is 1. The van der Waals surface area contributed by atoms with Crippen molar-refractivity contribution < 1.29 is 24.2 Å². The Bertz CT molecular complexity index is 1550. The number of morpholine rings is 1. The molecule has 0 radical (unpaired) electrons. The second kappa shape index (κ2) is 16.4. The molecule has 3 aromatic carbocycles. The van der Waals surface area contributed by atoms with E-state index in [1.807, 2.05) is 31.3 Å².